The summed E-state index contributed by atoms with van der Waals surface area (Å²) in [6.07, 6.45) is 0. The summed E-state index contributed by atoms with van der Waals surface area (Å²) in [5, 5.41) is 0. The van der Waals surface area contributed by atoms with Crippen molar-refractivity contribution < 1.29 is 14.3 Å². The minimum absolute atomic E-state index is 0.0204. The van der Waals surface area contributed by atoms with Crippen molar-refractivity contribution >= 4 is 21.8 Å². The normalized spacial score (nSPS) is 10.4. The van der Waals surface area contributed by atoms with Crippen LogP contribution in [0.2, 0.25) is 0 Å². The predicted molar refractivity (Wildman–Crippen MR) is 114 cm³/mol. The predicted octanol–water partition coefficient (Wildman–Crippen LogP) is 5.31. The maximum Gasteiger partial charge on any atom is 0.254 e. The molecule has 1 amide bonds. The minimum Gasteiger partial charge on any atom is -0.497 e. The first-order valence-corrected chi connectivity index (χ1v) is 9.69. The van der Waals surface area contributed by atoms with Crippen molar-refractivity contribution in [2.45, 2.75) is 13.1 Å². The van der Waals surface area contributed by atoms with Crippen LogP contribution in [0.1, 0.15) is 21.5 Å². The summed E-state index contributed by atoms with van der Waals surface area (Å²) in [6, 6.07) is 23.0. The molecule has 0 aliphatic rings. The molecule has 0 saturated carbocycles. The lowest BCUT2D eigenvalue weighted by molar-refractivity contribution is 0.0730. The molecule has 5 heteroatoms. The molecule has 0 bridgehead atoms. The first kappa shape index (κ1) is 20.0. The molecule has 0 aliphatic carbocycles. The van der Waals surface area contributed by atoms with Crippen molar-refractivity contribution in [3.63, 3.8) is 0 Å². The van der Waals surface area contributed by atoms with E-state index in [1.54, 1.807) is 14.2 Å². The topological polar surface area (TPSA) is 38.8 Å². The Kier molecular flexibility index (Phi) is 6.71. The van der Waals surface area contributed by atoms with Gasteiger partial charge in [0.15, 0.2) is 0 Å². The average Bonchev–Trinajstić information content (AvgIpc) is 2.74. The van der Waals surface area contributed by atoms with Gasteiger partial charge in [-0.1, -0.05) is 46.3 Å². The molecule has 0 N–H and O–H groups in total. The summed E-state index contributed by atoms with van der Waals surface area (Å²) in [6.45, 7) is 1.00. The summed E-state index contributed by atoms with van der Waals surface area (Å²) in [4.78, 5) is 15.0. The number of halogens is 1. The van der Waals surface area contributed by atoms with Gasteiger partial charge in [-0.05, 0) is 53.6 Å². The second-order valence-electron chi connectivity index (χ2n) is 6.37. The standard InChI is InChI=1S/C23H22BrNO3/c1-27-21-10-6-17(7-11-21)15-25(16-18-8-12-22(28-2)13-9-18)23(26)19-4-3-5-20(24)14-19/h3-14H,15-16H2,1-2H3. The Labute approximate surface area is 173 Å². The molecule has 0 saturated heterocycles. The van der Waals surface area contributed by atoms with Crippen LogP contribution in [-0.4, -0.2) is 25.0 Å². The van der Waals surface area contributed by atoms with Crippen molar-refractivity contribution in [1.82, 2.24) is 4.90 Å². The summed E-state index contributed by atoms with van der Waals surface area (Å²) in [5.41, 5.74) is 2.73. The fourth-order valence-corrected chi connectivity index (χ4v) is 3.31. The van der Waals surface area contributed by atoms with E-state index in [-0.39, 0.29) is 5.91 Å². The van der Waals surface area contributed by atoms with Gasteiger partial charge >= 0.3 is 0 Å². The first-order chi connectivity index (χ1) is 13.6. The Morgan fingerprint density at radius 1 is 0.821 bits per heavy atom. The number of amides is 1. The van der Waals surface area contributed by atoms with E-state index in [2.05, 4.69) is 15.9 Å². The highest BCUT2D eigenvalue weighted by molar-refractivity contribution is 9.10. The van der Waals surface area contributed by atoms with Gasteiger partial charge in [0.25, 0.3) is 5.91 Å². The van der Waals surface area contributed by atoms with Gasteiger partial charge in [0.2, 0.25) is 0 Å². The minimum atomic E-state index is -0.0204. The molecule has 3 aromatic rings. The number of benzene rings is 3. The number of carbonyl (C=O) groups is 1. The fraction of sp³-hybridized carbons (Fsp3) is 0.174. The molecular formula is C23H22BrNO3. The Morgan fingerprint density at radius 3 is 1.75 bits per heavy atom. The summed E-state index contributed by atoms with van der Waals surface area (Å²) < 4.78 is 11.3. The van der Waals surface area contributed by atoms with Crippen molar-refractivity contribution in [2.24, 2.45) is 0 Å². The molecule has 28 heavy (non-hydrogen) atoms. The second kappa shape index (κ2) is 9.42. The van der Waals surface area contributed by atoms with E-state index in [1.165, 1.54) is 0 Å². The van der Waals surface area contributed by atoms with Gasteiger partial charge in [0, 0.05) is 23.1 Å². The number of methoxy groups -OCH3 is 2. The molecule has 0 atom stereocenters. The van der Waals surface area contributed by atoms with Gasteiger partial charge in [0.1, 0.15) is 11.5 Å². The Balaban J connectivity index is 1.86. The Bertz CT molecular complexity index is 874. The summed E-state index contributed by atoms with van der Waals surface area (Å²) >= 11 is 3.45. The lowest BCUT2D eigenvalue weighted by atomic mass is 10.1. The molecule has 0 aromatic heterocycles. The van der Waals surface area contributed by atoms with Crippen molar-refractivity contribution in [2.75, 3.05) is 14.2 Å². The van der Waals surface area contributed by atoms with Crippen LogP contribution in [0.25, 0.3) is 0 Å². The molecule has 0 radical (unpaired) electrons. The number of carbonyl (C=O) groups excluding carboxylic acids is 1. The molecule has 3 rings (SSSR count). The number of nitrogens with zero attached hydrogens (tertiary/aromatic N) is 1. The largest absolute Gasteiger partial charge is 0.497 e. The zero-order valence-electron chi connectivity index (χ0n) is 15.9. The van der Waals surface area contributed by atoms with E-state index < -0.39 is 0 Å². The van der Waals surface area contributed by atoms with Gasteiger partial charge in [-0.3, -0.25) is 4.79 Å². The third-order valence-corrected chi connectivity index (χ3v) is 4.92. The van der Waals surface area contributed by atoms with E-state index in [4.69, 9.17) is 9.47 Å². The lowest BCUT2D eigenvalue weighted by Gasteiger charge is -2.23. The Morgan fingerprint density at radius 2 is 1.32 bits per heavy atom. The van der Waals surface area contributed by atoms with Gasteiger partial charge in [-0.15, -0.1) is 0 Å². The summed E-state index contributed by atoms with van der Waals surface area (Å²) in [5.74, 6) is 1.57. The van der Waals surface area contributed by atoms with Crippen LogP contribution in [-0.2, 0) is 13.1 Å². The molecule has 0 spiro atoms. The molecule has 0 aliphatic heterocycles. The molecule has 3 aromatic carbocycles. The molecular weight excluding hydrogens is 418 g/mol. The number of rotatable bonds is 7. The van der Waals surface area contributed by atoms with E-state index in [0.717, 1.165) is 27.1 Å². The van der Waals surface area contributed by atoms with Crippen LogP contribution in [0.5, 0.6) is 11.5 Å². The highest BCUT2D eigenvalue weighted by Gasteiger charge is 2.17. The fourth-order valence-electron chi connectivity index (χ4n) is 2.91. The van der Waals surface area contributed by atoms with Crippen molar-refractivity contribution in [3.8, 4) is 11.5 Å². The highest BCUT2D eigenvalue weighted by atomic mass is 79.9. The molecule has 0 fully saturated rings. The van der Waals surface area contributed by atoms with Gasteiger partial charge in [0.05, 0.1) is 14.2 Å². The van der Waals surface area contributed by atoms with Crippen LogP contribution >= 0.6 is 15.9 Å². The lowest BCUT2D eigenvalue weighted by Crippen LogP contribution is -2.30. The molecule has 0 unspecified atom stereocenters. The second-order valence-corrected chi connectivity index (χ2v) is 7.28. The van der Waals surface area contributed by atoms with E-state index in [0.29, 0.717) is 18.7 Å². The zero-order chi connectivity index (χ0) is 19.9. The molecule has 4 nitrogen and oxygen atoms in total. The van der Waals surface area contributed by atoms with Crippen molar-refractivity contribution in [3.05, 3.63) is 94.0 Å². The van der Waals surface area contributed by atoms with E-state index >= 15 is 0 Å². The van der Waals surface area contributed by atoms with Gasteiger partial charge in [-0.25, -0.2) is 0 Å². The number of ether oxygens (including phenoxy) is 2. The maximum absolute atomic E-state index is 13.2. The quantitative estimate of drug-likeness (QED) is 0.500. The number of hydrogen-bond donors (Lipinski definition) is 0. The van der Waals surface area contributed by atoms with Crippen molar-refractivity contribution in [1.29, 1.82) is 0 Å². The Hall–Kier alpha value is -2.79. The van der Waals surface area contributed by atoms with Crippen LogP contribution in [0.3, 0.4) is 0 Å². The highest BCUT2D eigenvalue weighted by Crippen LogP contribution is 2.20. The maximum atomic E-state index is 13.2. The van der Waals surface area contributed by atoms with Crippen LogP contribution in [0, 0.1) is 0 Å². The number of hydrogen-bond acceptors (Lipinski definition) is 3. The van der Waals surface area contributed by atoms with Gasteiger partial charge < -0.3 is 14.4 Å². The SMILES string of the molecule is COc1ccc(CN(Cc2ccc(OC)cc2)C(=O)c2cccc(Br)c2)cc1. The zero-order valence-corrected chi connectivity index (χ0v) is 17.5. The van der Waals surface area contributed by atoms with Gasteiger partial charge in [-0.2, -0.15) is 0 Å². The third-order valence-electron chi connectivity index (χ3n) is 4.42. The van der Waals surface area contributed by atoms with E-state index in [1.807, 2.05) is 77.7 Å². The molecule has 0 heterocycles. The van der Waals surface area contributed by atoms with Crippen LogP contribution in [0.15, 0.2) is 77.3 Å². The monoisotopic (exact) mass is 439 g/mol. The molecule has 144 valence electrons. The third kappa shape index (κ3) is 5.14. The van der Waals surface area contributed by atoms with Crippen LogP contribution < -0.4 is 9.47 Å². The smallest absolute Gasteiger partial charge is 0.254 e. The van der Waals surface area contributed by atoms with Crippen LogP contribution in [0.4, 0.5) is 0 Å². The summed E-state index contributed by atoms with van der Waals surface area (Å²) in [7, 11) is 3.28. The average molecular weight is 440 g/mol. The van der Waals surface area contributed by atoms with E-state index in [9.17, 15) is 4.79 Å². The first-order valence-electron chi connectivity index (χ1n) is 8.90.